The first kappa shape index (κ1) is 16.7. The molecule has 0 spiro atoms. The van der Waals surface area contributed by atoms with E-state index in [2.05, 4.69) is 9.82 Å². The normalized spacial score (nSPS) is 14.2. The van der Waals surface area contributed by atoms with Crippen molar-refractivity contribution in [3.05, 3.63) is 47.3 Å². The molecule has 1 aliphatic rings. The predicted molar refractivity (Wildman–Crippen MR) is 89.9 cm³/mol. The van der Waals surface area contributed by atoms with Crippen molar-refractivity contribution in [2.24, 2.45) is 7.05 Å². The molecule has 1 heterocycles. The third-order valence-corrected chi connectivity index (χ3v) is 5.78. The van der Waals surface area contributed by atoms with Gasteiger partial charge in [-0.2, -0.15) is 5.10 Å². The van der Waals surface area contributed by atoms with Crippen LogP contribution in [0.3, 0.4) is 0 Å². The molecular formula is C17H21N3O3S. The highest BCUT2D eigenvalue weighted by atomic mass is 32.2. The molecule has 0 atom stereocenters. The molecule has 0 bridgehead atoms. The van der Waals surface area contributed by atoms with E-state index < -0.39 is 15.9 Å². The highest BCUT2D eigenvalue weighted by Gasteiger charge is 2.20. The van der Waals surface area contributed by atoms with Crippen LogP contribution in [0.2, 0.25) is 0 Å². The van der Waals surface area contributed by atoms with Crippen molar-refractivity contribution in [2.45, 2.75) is 43.4 Å². The van der Waals surface area contributed by atoms with Gasteiger partial charge >= 0.3 is 0 Å². The number of rotatable bonds is 5. The highest BCUT2D eigenvalue weighted by molar-refractivity contribution is 7.90. The third-order valence-electron chi connectivity index (χ3n) is 4.41. The van der Waals surface area contributed by atoms with Crippen LogP contribution < -0.4 is 4.72 Å². The number of aromatic nitrogens is 2. The lowest BCUT2D eigenvalue weighted by Crippen LogP contribution is -2.31. The fourth-order valence-corrected chi connectivity index (χ4v) is 4.09. The van der Waals surface area contributed by atoms with Gasteiger partial charge in [0.15, 0.2) is 0 Å². The molecule has 0 saturated carbocycles. The Morgan fingerprint density at radius 2 is 1.96 bits per heavy atom. The molecule has 24 heavy (non-hydrogen) atoms. The summed E-state index contributed by atoms with van der Waals surface area (Å²) >= 11 is 0. The van der Waals surface area contributed by atoms with Crippen LogP contribution in [-0.2, 0) is 41.1 Å². The topological polar surface area (TPSA) is 81.1 Å². The number of sulfonamides is 1. The molecule has 0 aliphatic heterocycles. The summed E-state index contributed by atoms with van der Waals surface area (Å²) in [4.78, 5) is 12.2. The van der Waals surface area contributed by atoms with Crippen LogP contribution in [-0.4, -0.2) is 24.1 Å². The lowest BCUT2D eigenvalue weighted by atomic mass is 9.92. The quantitative estimate of drug-likeness (QED) is 0.893. The summed E-state index contributed by atoms with van der Waals surface area (Å²) in [7, 11) is -2.03. The molecule has 7 heteroatoms. The smallest absolute Gasteiger partial charge is 0.264 e. The van der Waals surface area contributed by atoms with Crippen molar-refractivity contribution in [3.63, 3.8) is 0 Å². The van der Waals surface area contributed by atoms with Gasteiger partial charge in [-0.3, -0.25) is 9.48 Å². The minimum absolute atomic E-state index is 0.101. The largest absolute Gasteiger partial charge is 0.274 e. The van der Waals surface area contributed by atoms with E-state index in [0.717, 1.165) is 36.9 Å². The summed E-state index contributed by atoms with van der Waals surface area (Å²) in [5.74, 6) is -0.506. The van der Waals surface area contributed by atoms with Crippen molar-refractivity contribution < 1.29 is 13.2 Å². The van der Waals surface area contributed by atoms with E-state index in [-0.39, 0.29) is 11.3 Å². The van der Waals surface area contributed by atoms with E-state index in [4.69, 9.17) is 0 Å². The van der Waals surface area contributed by atoms with Crippen LogP contribution in [0.15, 0.2) is 35.4 Å². The zero-order valence-electron chi connectivity index (χ0n) is 13.7. The Labute approximate surface area is 141 Å². The van der Waals surface area contributed by atoms with E-state index >= 15 is 0 Å². The Morgan fingerprint density at radius 3 is 2.67 bits per heavy atom. The van der Waals surface area contributed by atoms with E-state index in [9.17, 15) is 13.2 Å². The summed E-state index contributed by atoms with van der Waals surface area (Å²) in [6.45, 7) is 0. The molecule has 3 rings (SSSR count). The lowest BCUT2D eigenvalue weighted by Gasteiger charge is -2.16. The number of nitrogens with zero attached hydrogens (tertiary/aromatic N) is 2. The van der Waals surface area contributed by atoms with Gasteiger partial charge < -0.3 is 0 Å². The SMILES string of the molecule is Cn1nccc1CCC(=O)NS(=O)(=O)c1ccc2c(c1)CCCC2. The number of hydrogen-bond donors (Lipinski definition) is 1. The fourth-order valence-electron chi connectivity index (χ4n) is 3.02. The molecule has 6 nitrogen and oxygen atoms in total. The molecule has 2 aromatic rings. The molecule has 1 aromatic carbocycles. The van der Waals surface area contributed by atoms with Crippen LogP contribution >= 0.6 is 0 Å². The molecule has 0 fully saturated rings. The van der Waals surface area contributed by atoms with Crippen molar-refractivity contribution in [1.82, 2.24) is 14.5 Å². The first-order valence-corrected chi connectivity index (χ1v) is 9.58. The summed E-state index contributed by atoms with van der Waals surface area (Å²) in [6.07, 6.45) is 6.31. The molecule has 0 unspecified atom stereocenters. The number of aryl methyl sites for hydroxylation is 4. The summed E-state index contributed by atoms with van der Waals surface area (Å²) in [5, 5.41) is 4.02. The molecule has 0 saturated heterocycles. The minimum atomic E-state index is -3.82. The van der Waals surface area contributed by atoms with Gasteiger partial charge in [0, 0.05) is 25.4 Å². The Kier molecular flexibility index (Phi) is 4.71. The fraction of sp³-hybridized carbons (Fsp3) is 0.412. The van der Waals surface area contributed by atoms with Gasteiger partial charge in [0.2, 0.25) is 5.91 Å². The number of amides is 1. The van der Waals surface area contributed by atoms with Crippen molar-refractivity contribution in [3.8, 4) is 0 Å². The van der Waals surface area contributed by atoms with Gasteiger partial charge in [-0.15, -0.1) is 0 Å². The van der Waals surface area contributed by atoms with Crippen LogP contribution in [0.4, 0.5) is 0 Å². The van der Waals surface area contributed by atoms with Gasteiger partial charge in [0.1, 0.15) is 0 Å². The molecule has 1 aromatic heterocycles. The van der Waals surface area contributed by atoms with Crippen LogP contribution in [0.5, 0.6) is 0 Å². The van der Waals surface area contributed by atoms with Crippen molar-refractivity contribution in [1.29, 1.82) is 0 Å². The molecule has 128 valence electrons. The standard InChI is InChI=1S/C17H21N3O3S/c1-20-15(10-11-18-20)7-9-17(21)19-24(22,23)16-8-6-13-4-2-3-5-14(13)12-16/h6,8,10-12H,2-5,7,9H2,1H3,(H,19,21). The molecule has 1 N–H and O–H groups in total. The number of hydrogen-bond acceptors (Lipinski definition) is 4. The molecule has 0 radical (unpaired) electrons. The first-order chi connectivity index (χ1) is 11.5. The number of benzene rings is 1. The molecule has 1 aliphatic carbocycles. The zero-order chi connectivity index (χ0) is 17.2. The average Bonchev–Trinajstić information content (AvgIpc) is 2.97. The Balaban J connectivity index is 1.67. The lowest BCUT2D eigenvalue weighted by molar-refractivity contribution is -0.119. The monoisotopic (exact) mass is 347 g/mol. The van der Waals surface area contributed by atoms with E-state index in [1.165, 1.54) is 5.56 Å². The van der Waals surface area contributed by atoms with Crippen LogP contribution in [0, 0.1) is 0 Å². The highest BCUT2D eigenvalue weighted by Crippen LogP contribution is 2.24. The van der Waals surface area contributed by atoms with Crippen LogP contribution in [0.1, 0.15) is 36.1 Å². The first-order valence-electron chi connectivity index (χ1n) is 8.10. The average molecular weight is 347 g/mol. The summed E-state index contributed by atoms with van der Waals surface area (Å²) < 4.78 is 28.7. The summed E-state index contributed by atoms with van der Waals surface area (Å²) in [5.41, 5.74) is 3.17. The minimum Gasteiger partial charge on any atom is -0.274 e. The number of carbonyl (C=O) groups excluding carboxylic acids is 1. The van der Waals surface area contributed by atoms with Gasteiger partial charge in [-0.1, -0.05) is 6.07 Å². The van der Waals surface area contributed by atoms with Crippen LogP contribution in [0.25, 0.3) is 0 Å². The maximum atomic E-state index is 12.4. The number of carbonyl (C=O) groups is 1. The second-order valence-electron chi connectivity index (χ2n) is 6.11. The van der Waals surface area contributed by atoms with Gasteiger partial charge in [-0.25, -0.2) is 13.1 Å². The second kappa shape index (κ2) is 6.76. The number of nitrogens with one attached hydrogen (secondary N) is 1. The number of fused-ring (bicyclic) bond motifs is 1. The van der Waals surface area contributed by atoms with Gasteiger partial charge in [-0.05, 0) is 61.4 Å². The van der Waals surface area contributed by atoms with Crippen molar-refractivity contribution >= 4 is 15.9 Å². The molecule has 1 amide bonds. The Bertz CT molecular complexity index is 856. The second-order valence-corrected chi connectivity index (χ2v) is 7.79. The van der Waals surface area contributed by atoms with E-state index in [0.29, 0.717) is 6.42 Å². The molecular weight excluding hydrogens is 326 g/mol. The van der Waals surface area contributed by atoms with Gasteiger partial charge in [0.05, 0.1) is 4.90 Å². The Morgan fingerprint density at radius 1 is 1.21 bits per heavy atom. The zero-order valence-corrected chi connectivity index (χ0v) is 14.5. The van der Waals surface area contributed by atoms with Gasteiger partial charge in [0.25, 0.3) is 10.0 Å². The Hall–Kier alpha value is -2.15. The van der Waals surface area contributed by atoms with Crippen molar-refractivity contribution in [2.75, 3.05) is 0 Å². The third kappa shape index (κ3) is 3.67. The maximum Gasteiger partial charge on any atom is 0.264 e. The predicted octanol–water partition coefficient (Wildman–Crippen LogP) is 1.74. The summed E-state index contributed by atoms with van der Waals surface area (Å²) in [6, 6.07) is 6.96. The van der Waals surface area contributed by atoms with E-state index in [1.807, 2.05) is 12.1 Å². The van der Waals surface area contributed by atoms with E-state index in [1.54, 1.807) is 30.1 Å². The maximum absolute atomic E-state index is 12.4.